The van der Waals surface area contributed by atoms with Crippen LogP contribution < -0.4 is 11.2 Å². The van der Waals surface area contributed by atoms with Crippen LogP contribution in [-0.4, -0.2) is 14.1 Å². The van der Waals surface area contributed by atoms with Crippen LogP contribution in [0.15, 0.2) is 52.5 Å². The lowest BCUT2D eigenvalue weighted by Crippen LogP contribution is -2.48. The van der Waals surface area contributed by atoms with Gasteiger partial charge in [0.2, 0.25) is 0 Å². The second-order valence-corrected chi connectivity index (χ2v) is 10.4. The van der Waals surface area contributed by atoms with Crippen LogP contribution in [0.3, 0.4) is 0 Å². The molecule has 4 heteroatoms. The van der Waals surface area contributed by atoms with E-state index in [-0.39, 0.29) is 0 Å². The minimum atomic E-state index is -1.11. The summed E-state index contributed by atoms with van der Waals surface area (Å²) in [5.41, 5.74) is 0. The van der Waals surface area contributed by atoms with E-state index in [1.165, 1.54) is 0 Å². The molecule has 16 heavy (non-hydrogen) atoms. The molecule has 0 saturated heterocycles. The van der Waals surface area contributed by atoms with Crippen molar-refractivity contribution in [2.75, 3.05) is 0 Å². The molecule has 0 aliphatic rings. The standard InChI is InChI=1S/3C4H3S.Al/c3*1-2-4-5-3-1;/h3*1-3H;. The zero-order valence-corrected chi connectivity index (χ0v) is 12.1. The van der Waals surface area contributed by atoms with E-state index < -0.39 is 14.1 Å². The molecule has 0 amide bonds. The van der Waals surface area contributed by atoms with Gasteiger partial charge in [-0.3, -0.25) is 0 Å². The normalized spacial score (nSPS) is 10.5. The van der Waals surface area contributed by atoms with Crippen molar-refractivity contribution in [1.82, 2.24) is 0 Å². The fraction of sp³-hybridized carbons (Fsp3) is 0. The highest BCUT2D eigenvalue weighted by Gasteiger charge is 2.28. The first-order valence-electron chi connectivity index (χ1n) is 5.05. The van der Waals surface area contributed by atoms with Gasteiger partial charge in [0.1, 0.15) is 0 Å². The van der Waals surface area contributed by atoms with E-state index in [9.17, 15) is 0 Å². The van der Waals surface area contributed by atoms with E-state index in [1.807, 2.05) is 34.0 Å². The lowest BCUT2D eigenvalue weighted by Gasteiger charge is -2.05. The Hall–Kier alpha value is -0.368. The molecule has 0 radical (unpaired) electrons. The summed E-state index contributed by atoms with van der Waals surface area (Å²) in [5.74, 6) is 0. The van der Waals surface area contributed by atoms with Crippen molar-refractivity contribution in [3.8, 4) is 0 Å². The fourth-order valence-corrected chi connectivity index (χ4v) is 10.3. The molecule has 0 atom stereocenters. The summed E-state index contributed by atoms with van der Waals surface area (Å²) in [6.45, 7) is 0. The van der Waals surface area contributed by atoms with E-state index in [4.69, 9.17) is 0 Å². The van der Waals surface area contributed by atoms with Crippen LogP contribution in [0.5, 0.6) is 0 Å². The van der Waals surface area contributed by atoms with E-state index in [0.717, 1.165) is 0 Å². The van der Waals surface area contributed by atoms with Crippen LogP contribution >= 0.6 is 34.0 Å². The first-order valence-corrected chi connectivity index (χ1v) is 9.42. The minimum Gasteiger partial charge on any atom is -0.166 e. The Morgan fingerprint density at radius 3 is 1.25 bits per heavy atom. The van der Waals surface area contributed by atoms with Crippen molar-refractivity contribution in [2.45, 2.75) is 0 Å². The molecule has 0 unspecified atom stereocenters. The second kappa shape index (κ2) is 4.87. The lowest BCUT2D eigenvalue weighted by atomic mass is 10.7. The Bertz CT molecular complexity index is 441. The van der Waals surface area contributed by atoms with Crippen LogP contribution in [0.1, 0.15) is 0 Å². The van der Waals surface area contributed by atoms with Gasteiger partial charge in [0.15, 0.2) is 0 Å². The molecule has 0 aliphatic carbocycles. The third-order valence-electron chi connectivity index (χ3n) is 2.48. The van der Waals surface area contributed by atoms with Crippen molar-refractivity contribution in [3.05, 3.63) is 52.5 Å². The van der Waals surface area contributed by atoms with Gasteiger partial charge in [-0.1, -0.05) is 36.4 Å². The third kappa shape index (κ3) is 2.04. The average molecular weight is 276 g/mol. The van der Waals surface area contributed by atoms with Crippen LogP contribution in [0.2, 0.25) is 0 Å². The van der Waals surface area contributed by atoms with Crippen molar-refractivity contribution in [3.63, 3.8) is 0 Å². The quantitative estimate of drug-likeness (QED) is 0.644. The summed E-state index contributed by atoms with van der Waals surface area (Å²) in [6.07, 6.45) is 0. The summed E-state index contributed by atoms with van der Waals surface area (Å²) in [5, 5.41) is 6.57. The van der Waals surface area contributed by atoms with Gasteiger partial charge in [0.25, 0.3) is 0 Å². The summed E-state index contributed by atoms with van der Waals surface area (Å²) in [6, 6.07) is 13.4. The predicted molar refractivity (Wildman–Crippen MR) is 77.6 cm³/mol. The molecule has 0 saturated carbocycles. The Labute approximate surface area is 111 Å². The number of hydrogen-bond acceptors (Lipinski definition) is 3. The maximum Gasteiger partial charge on any atom is 0.426 e. The van der Waals surface area contributed by atoms with Crippen LogP contribution in [0.4, 0.5) is 0 Å². The van der Waals surface area contributed by atoms with Gasteiger partial charge in [-0.25, -0.2) is 0 Å². The number of thiophene rings is 3. The average Bonchev–Trinajstić information content (AvgIpc) is 3.02. The van der Waals surface area contributed by atoms with Gasteiger partial charge in [-0.2, -0.15) is 34.0 Å². The zero-order valence-electron chi connectivity index (χ0n) is 8.50. The molecule has 3 aromatic heterocycles. The van der Waals surface area contributed by atoms with Crippen molar-refractivity contribution < 1.29 is 0 Å². The molecule has 3 heterocycles. The van der Waals surface area contributed by atoms with Crippen molar-refractivity contribution in [1.29, 1.82) is 0 Å². The molecule has 3 aromatic rings. The van der Waals surface area contributed by atoms with E-state index >= 15 is 0 Å². The molecule has 0 fully saturated rings. The highest BCUT2D eigenvalue weighted by Crippen LogP contribution is 2.05. The van der Waals surface area contributed by atoms with Crippen LogP contribution in [0.25, 0.3) is 0 Å². The smallest absolute Gasteiger partial charge is 0.166 e. The maximum absolute atomic E-state index is 2.29. The van der Waals surface area contributed by atoms with Gasteiger partial charge < -0.3 is 0 Å². The lowest BCUT2D eigenvalue weighted by molar-refractivity contribution is 2.01. The molecule has 0 bridgehead atoms. The summed E-state index contributed by atoms with van der Waals surface area (Å²) < 4.78 is 4.72. The molecule has 78 valence electrons. The highest BCUT2D eigenvalue weighted by atomic mass is 32.1. The van der Waals surface area contributed by atoms with Crippen molar-refractivity contribution in [2.24, 2.45) is 0 Å². The Kier molecular flexibility index (Phi) is 3.28. The molecule has 0 N–H and O–H groups in total. The minimum absolute atomic E-state index is 1.11. The van der Waals surface area contributed by atoms with E-state index in [2.05, 4.69) is 52.5 Å². The van der Waals surface area contributed by atoms with Crippen LogP contribution in [0, 0.1) is 0 Å². The van der Waals surface area contributed by atoms with Gasteiger partial charge in [0.05, 0.1) is 0 Å². The number of hydrogen-bond donors (Lipinski definition) is 0. The first kappa shape index (κ1) is 10.8. The van der Waals surface area contributed by atoms with Gasteiger partial charge in [-0.15, -0.1) is 0 Å². The third-order valence-corrected chi connectivity index (χ3v) is 10.2. The predicted octanol–water partition coefficient (Wildman–Crippen LogP) is 2.39. The molecule has 0 aromatic carbocycles. The largest absolute Gasteiger partial charge is 0.426 e. The summed E-state index contributed by atoms with van der Waals surface area (Å²) in [7, 11) is 0. The molecule has 0 nitrogen and oxygen atoms in total. The Morgan fingerprint density at radius 2 is 1.00 bits per heavy atom. The molecule has 3 rings (SSSR count). The monoisotopic (exact) mass is 276 g/mol. The molecular weight excluding hydrogens is 267 g/mol. The Morgan fingerprint density at radius 1 is 0.625 bits per heavy atom. The van der Waals surface area contributed by atoms with Gasteiger partial charge >= 0.3 is 14.1 Å². The second-order valence-electron chi connectivity index (χ2n) is 3.48. The number of rotatable bonds is 3. The SMILES string of the molecule is c1cs[c]([Al]([c]2cccs2)[c]2cccs2)c1. The first-order chi connectivity index (χ1) is 7.95. The van der Waals surface area contributed by atoms with Crippen LogP contribution in [-0.2, 0) is 0 Å². The van der Waals surface area contributed by atoms with Gasteiger partial charge in [-0.05, 0) is 27.4 Å². The zero-order chi connectivity index (χ0) is 10.8. The summed E-state index contributed by atoms with van der Waals surface area (Å²) in [4.78, 5) is 0. The topological polar surface area (TPSA) is 0 Å². The van der Waals surface area contributed by atoms with Crippen molar-refractivity contribution >= 4 is 59.4 Å². The molecule has 0 aliphatic heterocycles. The molecular formula is C12H9AlS3. The van der Waals surface area contributed by atoms with E-state index in [1.54, 1.807) is 11.2 Å². The van der Waals surface area contributed by atoms with Gasteiger partial charge in [0, 0.05) is 0 Å². The Balaban J connectivity index is 2.09. The highest BCUT2D eigenvalue weighted by molar-refractivity contribution is 7.39. The molecule has 0 spiro atoms. The van der Waals surface area contributed by atoms with E-state index in [0.29, 0.717) is 0 Å². The summed E-state index contributed by atoms with van der Waals surface area (Å²) >= 11 is 4.60. The fourth-order valence-electron chi connectivity index (χ4n) is 1.79. The maximum atomic E-state index is 2.29.